The van der Waals surface area contributed by atoms with Crippen LogP contribution in [-0.2, 0) is 11.3 Å². The number of aryl methyl sites for hydroxylation is 1. The largest absolute Gasteiger partial charge is 0.444 e. The molecule has 0 aliphatic rings. The summed E-state index contributed by atoms with van der Waals surface area (Å²) in [6, 6.07) is 19.4. The molecule has 4 nitrogen and oxygen atoms in total. The zero-order valence-corrected chi connectivity index (χ0v) is 13.5. The van der Waals surface area contributed by atoms with Crippen molar-refractivity contribution >= 4 is 22.4 Å². The van der Waals surface area contributed by atoms with Crippen LogP contribution in [0.1, 0.15) is 10.6 Å². The third kappa shape index (κ3) is 3.96. The summed E-state index contributed by atoms with van der Waals surface area (Å²) in [5.74, 6) is 0. The van der Waals surface area contributed by atoms with Gasteiger partial charge in [0.1, 0.15) is 17.3 Å². The Morgan fingerprint density at radius 1 is 1.09 bits per heavy atom. The smallest absolute Gasteiger partial charge is 0.412 e. The quantitative estimate of drug-likeness (QED) is 0.745. The van der Waals surface area contributed by atoms with E-state index in [1.807, 2.05) is 67.6 Å². The highest BCUT2D eigenvalue weighted by atomic mass is 32.1. The van der Waals surface area contributed by atoms with Gasteiger partial charge in [0, 0.05) is 5.56 Å². The molecule has 23 heavy (non-hydrogen) atoms. The summed E-state index contributed by atoms with van der Waals surface area (Å²) < 4.78 is 5.26. The minimum Gasteiger partial charge on any atom is -0.444 e. The summed E-state index contributed by atoms with van der Waals surface area (Å²) in [5, 5.41) is 4.39. The van der Waals surface area contributed by atoms with E-state index >= 15 is 0 Å². The van der Waals surface area contributed by atoms with Crippen molar-refractivity contribution in [1.82, 2.24) is 4.98 Å². The highest BCUT2D eigenvalue weighted by Crippen LogP contribution is 2.32. The molecule has 0 radical (unpaired) electrons. The molecule has 2 aromatic carbocycles. The Morgan fingerprint density at radius 2 is 1.74 bits per heavy atom. The highest BCUT2D eigenvalue weighted by molar-refractivity contribution is 7.16. The molecule has 3 rings (SSSR count). The molecule has 0 fully saturated rings. The normalized spacial score (nSPS) is 10.3. The van der Waals surface area contributed by atoms with Crippen molar-refractivity contribution in [3.05, 3.63) is 71.2 Å². The lowest BCUT2D eigenvalue weighted by atomic mass is 10.2. The molecule has 3 aromatic rings. The summed E-state index contributed by atoms with van der Waals surface area (Å²) >= 11 is 1.44. The number of hydrogen-bond donors (Lipinski definition) is 1. The molecular weight excluding hydrogens is 308 g/mol. The van der Waals surface area contributed by atoms with E-state index in [0.717, 1.165) is 21.8 Å². The van der Waals surface area contributed by atoms with Crippen molar-refractivity contribution in [2.24, 2.45) is 0 Å². The van der Waals surface area contributed by atoms with Crippen molar-refractivity contribution in [2.75, 3.05) is 5.32 Å². The fraction of sp³-hybridized carbons (Fsp3) is 0.111. The molecule has 0 aliphatic heterocycles. The molecule has 116 valence electrons. The second-order valence-electron chi connectivity index (χ2n) is 4.96. The van der Waals surface area contributed by atoms with Crippen LogP contribution in [0.25, 0.3) is 11.3 Å². The van der Waals surface area contributed by atoms with Gasteiger partial charge in [-0.25, -0.2) is 9.78 Å². The summed E-state index contributed by atoms with van der Waals surface area (Å²) in [6.07, 6.45) is -0.477. The fourth-order valence-electron chi connectivity index (χ4n) is 2.16. The molecule has 0 spiro atoms. The van der Waals surface area contributed by atoms with Gasteiger partial charge in [-0.15, -0.1) is 11.3 Å². The van der Waals surface area contributed by atoms with E-state index in [1.165, 1.54) is 11.3 Å². The average Bonchev–Trinajstić information content (AvgIpc) is 2.95. The molecule has 0 aliphatic carbocycles. The molecule has 0 saturated heterocycles. The van der Waals surface area contributed by atoms with E-state index in [9.17, 15) is 4.79 Å². The number of nitrogens with zero attached hydrogens (tertiary/aromatic N) is 1. The lowest BCUT2D eigenvalue weighted by molar-refractivity contribution is 0.155. The number of anilines is 1. The van der Waals surface area contributed by atoms with Crippen LogP contribution < -0.4 is 5.32 Å². The number of carbonyl (C=O) groups excluding carboxylic acids is 1. The zero-order chi connectivity index (χ0) is 16.1. The summed E-state index contributed by atoms with van der Waals surface area (Å²) in [5.41, 5.74) is 2.69. The second kappa shape index (κ2) is 7.07. The molecule has 1 aromatic heterocycles. The van der Waals surface area contributed by atoms with Gasteiger partial charge < -0.3 is 4.74 Å². The van der Waals surface area contributed by atoms with E-state index in [2.05, 4.69) is 10.3 Å². The first-order valence-corrected chi connectivity index (χ1v) is 8.04. The summed E-state index contributed by atoms with van der Waals surface area (Å²) in [6.45, 7) is 2.16. The maximum absolute atomic E-state index is 12.0. The van der Waals surface area contributed by atoms with Crippen LogP contribution in [0.3, 0.4) is 0 Å². The van der Waals surface area contributed by atoms with E-state index in [0.29, 0.717) is 5.00 Å². The molecule has 5 heteroatoms. The molecule has 0 unspecified atom stereocenters. The Bertz CT molecular complexity index is 785. The standard InChI is InChI=1S/C18H16N2O2S/c1-13-19-16(15-10-6-3-7-11-15)17(23-13)20-18(21)22-12-14-8-4-2-5-9-14/h2-11H,12H2,1H3,(H,20,21). The number of hydrogen-bond acceptors (Lipinski definition) is 4. The predicted octanol–water partition coefficient (Wildman–Crippen LogP) is 4.87. The Kier molecular flexibility index (Phi) is 4.68. The van der Waals surface area contributed by atoms with Crippen LogP contribution in [0.15, 0.2) is 60.7 Å². The van der Waals surface area contributed by atoms with Crippen molar-refractivity contribution in [2.45, 2.75) is 13.5 Å². The van der Waals surface area contributed by atoms with Crippen LogP contribution >= 0.6 is 11.3 Å². The maximum Gasteiger partial charge on any atom is 0.412 e. The molecule has 1 heterocycles. The van der Waals surface area contributed by atoms with Gasteiger partial charge >= 0.3 is 6.09 Å². The van der Waals surface area contributed by atoms with Gasteiger partial charge in [-0.05, 0) is 12.5 Å². The minimum absolute atomic E-state index is 0.241. The third-order valence-electron chi connectivity index (χ3n) is 3.21. The summed E-state index contributed by atoms with van der Waals surface area (Å²) in [7, 11) is 0. The lowest BCUT2D eigenvalue weighted by Crippen LogP contribution is -2.13. The van der Waals surface area contributed by atoms with Crippen LogP contribution in [0.5, 0.6) is 0 Å². The van der Waals surface area contributed by atoms with Gasteiger partial charge in [-0.2, -0.15) is 0 Å². The molecule has 0 bridgehead atoms. The first-order valence-electron chi connectivity index (χ1n) is 7.23. The number of ether oxygens (including phenoxy) is 1. The van der Waals surface area contributed by atoms with Gasteiger partial charge in [0.05, 0.1) is 5.01 Å². The molecule has 1 N–H and O–H groups in total. The zero-order valence-electron chi connectivity index (χ0n) is 12.7. The first kappa shape index (κ1) is 15.2. The molecule has 1 amide bonds. The number of aromatic nitrogens is 1. The number of amides is 1. The van der Waals surface area contributed by atoms with Gasteiger partial charge in [0.15, 0.2) is 0 Å². The minimum atomic E-state index is -0.477. The monoisotopic (exact) mass is 324 g/mol. The van der Waals surface area contributed by atoms with Crippen molar-refractivity contribution in [1.29, 1.82) is 0 Å². The van der Waals surface area contributed by atoms with Crippen molar-refractivity contribution < 1.29 is 9.53 Å². The molecule has 0 atom stereocenters. The predicted molar refractivity (Wildman–Crippen MR) is 92.5 cm³/mol. The van der Waals surface area contributed by atoms with E-state index < -0.39 is 6.09 Å². The van der Waals surface area contributed by atoms with E-state index in [-0.39, 0.29) is 6.61 Å². The number of benzene rings is 2. The number of thiazole rings is 1. The van der Waals surface area contributed by atoms with Gasteiger partial charge in [-0.3, -0.25) is 5.32 Å². The van der Waals surface area contributed by atoms with Crippen molar-refractivity contribution in [3.63, 3.8) is 0 Å². The number of carbonyl (C=O) groups is 1. The van der Waals surface area contributed by atoms with Gasteiger partial charge in [-0.1, -0.05) is 60.7 Å². The fourth-order valence-corrected chi connectivity index (χ4v) is 2.98. The second-order valence-corrected chi connectivity index (χ2v) is 6.17. The Labute approximate surface area is 138 Å². The summed E-state index contributed by atoms with van der Waals surface area (Å²) in [4.78, 5) is 16.5. The maximum atomic E-state index is 12.0. The van der Waals surface area contributed by atoms with Crippen molar-refractivity contribution in [3.8, 4) is 11.3 Å². The molecular formula is C18H16N2O2S. The van der Waals surface area contributed by atoms with E-state index in [4.69, 9.17) is 4.74 Å². The number of rotatable bonds is 4. The van der Waals surface area contributed by atoms with Gasteiger partial charge in [0.2, 0.25) is 0 Å². The van der Waals surface area contributed by atoms with Gasteiger partial charge in [0.25, 0.3) is 0 Å². The average molecular weight is 324 g/mol. The Morgan fingerprint density at radius 3 is 2.43 bits per heavy atom. The van der Waals surface area contributed by atoms with Crippen LogP contribution in [-0.4, -0.2) is 11.1 Å². The topological polar surface area (TPSA) is 51.2 Å². The van der Waals surface area contributed by atoms with E-state index in [1.54, 1.807) is 0 Å². The Balaban J connectivity index is 1.69. The SMILES string of the molecule is Cc1nc(-c2ccccc2)c(NC(=O)OCc2ccccc2)s1. The third-order valence-corrected chi connectivity index (χ3v) is 4.10. The number of nitrogens with one attached hydrogen (secondary N) is 1. The van der Waals surface area contributed by atoms with Crippen LogP contribution in [0, 0.1) is 6.92 Å². The first-order chi connectivity index (χ1) is 11.2. The van der Waals surface area contributed by atoms with Crippen LogP contribution in [0.4, 0.5) is 9.80 Å². The van der Waals surface area contributed by atoms with Crippen LogP contribution in [0.2, 0.25) is 0 Å². The Hall–Kier alpha value is -2.66. The molecule has 0 saturated carbocycles. The lowest BCUT2D eigenvalue weighted by Gasteiger charge is -2.07. The highest BCUT2D eigenvalue weighted by Gasteiger charge is 2.14.